The largest absolute Gasteiger partial charge is 0.394 e. The molecule has 2 unspecified atom stereocenters. The maximum absolute atomic E-state index is 11.2. The third-order valence-corrected chi connectivity index (χ3v) is 2.49. The van der Waals surface area contributed by atoms with Crippen LogP contribution in [0.5, 0.6) is 0 Å². The summed E-state index contributed by atoms with van der Waals surface area (Å²) < 4.78 is 0. The van der Waals surface area contributed by atoms with E-state index < -0.39 is 18.8 Å². The minimum atomic E-state index is -1.23. The van der Waals surface area contributed by atoms with Gasteiger partial charge in [-0.3, -0.25) is 4.79 Å². The molecule has 0 aliphatic heterocycles. The van der Waals surface area contributed by atoms with Crippen LogP contribution in [-0.2, 0) is 0 Å². The van der Waals surface area contributed by atoms with Crippen molar-refractivity contribution in [2.75, 3.05) is 12.5 Å². The number of hydrogen-bond donors (Lipinski definition) is 3. The van der Waals surface area contributed by atoms with Gasteiger partial charge in [0.2, 0.25) is 0 Å². The van der Waals surface area contributed by atoms with Gasteiger partial charge in [-0.1, -0.05) is 24.3 Å². The average molecular weight is 245 g/mol. The summed E-state index contributed by atoms with van der Waals surface area (Å²) in [5.74, 6) is -0.299. The number of Topliss-reactive ketones (excluding diaryl/α,β-unsaturated/α-hetero) is 1. The number of ketones is 1. The van der Waals surface area contributed by atoms with Crippen LogP contribution >= 0.6 is 11.6 Å². The van der Waals surface area contributed by atoms with E-state index in [1.807, 2.05) is 0 Å². The monoisotopic (exact) mass is 244 g/mol. The summed E-state index contributed by atoms with van der Waals surface area (Å²) in [5.41, 5.74) is 0.886. The van der Waals surface area contributed by atoms with Crippen LogP contribution in [0.1, 0.15) is 22.0 Å². The summed E-state index contributed by atoms with van der Waals surface area (Å²) in [6.07, 6.45) is -2.39. The highest BCUT2D eigenvalue weighted by molar-refractivity contribution is 6.30. The molecule has 0 aliphatic carbocycles. The van der Waals surface area contributed by atoms with Gasteiger partial charge in [-0.2, -0.15) is 0 Å². The minimum absolute atomic E-state index is 0.0961. The fraction of sp³-hybridized carbons (Fsp3) is 0.364. The van der Waals surface area contributed by atoms with E-state index in [2.05, 4.69) is 0 Å². The minimum Gasteiger partial charge on any atom is -0.394 e. The molecule has 5 heteroatoms. The molecule has 2 atom stereocenters. The van der Waals surface area contributed by atoms with Crippen LogP contribution in [0.15, 0.2) is 24.3 Å². The van der Waals surface area contributed by atoms with Gasteiger partial charge in [-0.05, 0) is 5.56 Å². The van der Waals surface area contributed by atoms with Crippen molar-refractivity contribution in [1.29, 1.82) is 0 Å². The van der Waals surface area contributed by atoms with Gasteiger partial charge in [0, 0.05) is 5.56 Å². The van der Waals surface area contributed by atoms with Crippen molar-refractivity contribution < 1.29 is 20.1 Å². The molecule has 3 N–H and O–H groups in total. The molecule has 0 saturated heterocycles. The van der Waals surface area contributed by atoms with Crippen molar-refractivity contribution in [1.82, 2.24) is 0 Å². The van der Waals surface area contributed by atoms with Gasteiger partial charge in [-0.25, -0.2) is 0 Å². The first-order valence-electron chi connectivity index (χ1n) is 4.76. The quantitative estimate of drug-likeness (QED) is 0.521. The lowest BCUT2D eigenvalue weighted by Gasteiger charge is -2.15. The third kappa shape index (κ3) is 3.02. The maximum atomic E-state index is 11.2. The standard InChI is InChI=1S/C11H13ClO4/c12-5-9(14)7-1-3-8(4-2-7)11(16)10(15)6-13/h1-4,10-11,13,15-16H,5-6H2. The van der Waals surface area contributed by atoms with Crippen molar-refractivity contribution >= 4 is 17.4 Å². The molecule has 1 aromatic rings. The number of carbonyl (C=O) groups excluding carboxylic acids is 1. The molecule has 1 rings (SSSR count). The topological polar surface area (TPSA) is 77.8 Å². The van der Waals surface area contributed by atoms with E-state index in [-0.39, 0.29) is 11.7 Å². The summed E-state index contributed by atoms with van der Waals surface area (Å²) in [7, 11) is 0. The summed E-state index contributed by atoms with van der Waals surface area (Å²) in [5, 5.41) is 27.4. The summed E-state index contributed by atoms with van der Waals surface area (Å²) in [6.45, 7) is -0.524. The second-order valence-electron chi connectivity index (χ2n) is 3.37. The molecule has 0 amide bonds. The van der Waals surface area contributed by atoms with E-state index in [0.717, 1.165) is 0 Å². The molecule has 0 spiro atoms. The summed E-state index contributed by atoms with van der Waals surface area (Å²) in [6, 6.07) is 6.08. The summed E-state index contributed by atoms with van der Waals surface area (Å²) in [4.78, 5) is 11.2. The lowest BCUT2D eigenvalue weighted by atomic mass is 10.0. The Bertz CT molecular complexity index is 350. The first kappa shape index (κ1) is 13.1. The van der Waals surface area contributed by atoms with Crippen molar-refractivity contribution in [3.63, 3.8) is 0 Å². The first-order valence-corrected chi connectivity index (χ1v) is 5.29. The molecular formula is C11H13ClO4. The van der Waals surface area contributed by atoms with Crippen LogP contribution in [0, 0.1) is 0 Å². The van der Waals surface area contributed by atoms with Crippen LogP contribution in [0.25, 0.3) is 0 Å². The number of halogens is 1. The molecule has 0 bridgehead atoms. The van der Waals surface area contributed by atoms with E-state index >= 15 is 0 Å². The Morgan fingerprint density at radius 1 is 1.25 bits per heavy atom. The fourth-order valence-corrected chi connectivity index (χ4v) is 1.42. The predicted octanol–water partition coefficient (Wildman–Crippen LogP) is 0.495. The molecule has 0 fully saturated rings. The zero-order valence-corrected chi connectivity index (χ0v) is 9.26. The number of aliphatic hydroxyl groups excluding tert-OH is 3. The van der Waals surface area contributed by atoms with E-state index in [4.69, 9.17) is 16.7 Å². The van der Waals surface area contributed by atoms with Gasteiger partial charge < -0.3 is 15.3 Å². The Labute approximate surface area is 98.1 Å². The molecular weight excluding hydrogens is 232 g/mol. The Hall–Kier alpha value is -0.940. The Morgan fingerprint density at radius 2 is 1.81 bits per heavy atom. The van der Waals surface area contributed by atoms with Crippen molar-refractivity contribution in [2.45, 2.75) is 12.2 Å². The maximum Gasteiger partial charge on any atom is 0.177 e. The first-order chi connectivity index (χ1) is 7.60. The highest BCUT2D eigenvalue weighted by atomic mass is 35.5. The van der Waals surface area contributed by atoms with Gasteiger partial charge in [0.1, 0.15) is 12.2 Å². The number of rotatable bonds is 5. The molecule has 4 nitrogen and oxygen atoms in total. The van der Waals surface area contributed by atoms with Crippen LogP contribution in [0.4, 0.5) is 0 Å². The Morgan fingerprint density at radius 3 is 2.25 bits per heavy atom. The smallest absolute Gasteiger partial charge is 0.177 e. The fourth-order valence-electron chi connectivity index (χ4n) is 1.27. The van der Waals surface area contributed by atoms with Crippen molar-refractivity contribution in [3.8, 4) is 0 Å². The van der Waals surface area contributed by atoms with Gasteiger partial charge in [0.15, 0.2) is 5.78 Å². The number of alkyl halides is 1. The highest BCUT2D eigenvalue weighted by Gasteiger charge is 2.17. The Kier molecular flexibility index (Phi) is 4.89. The normalized spacial score (nSPS) is 14.5. The van der Waals surface area contributed by atoms with E-state index in [0.29, 0.717) is 11.1 Å². The van der Waals surface area contributed by atoms with E-state index in [9.17, 15) is 15.0 Å². The second kappa shape index (κ2) is 5.96. The molecule has 0 radical (unpaired) electrons. The number of carbonyl (C=O) groups is 1. The summed E-state index contributed by atoms with van der Waals surface area (Å²) >= 11 is 5.39. The van der Waals surface area contributed by atoms with Gasteiger partial charge in [0.05, 0.1) is 12.5 Å². The van der Waals surface area contributed by atoms with Crippen molar-refractivity contribution in [3.05, 3.63) is 35.4 Å². The van der Waals surface area contributed by atoms with Crippen LogP contribution < -0.4 is 0 Å². The number of benzene rings is 1. The average Bonchev–Trinajstić information content (AvgIpc) is 2.36. The van der Waals surface area contributed by atoms with Crippen LogP contribution in [-0.4, -0.2) is 39.7 Å². The Balaban J connectivity index is 2.82. The van der Waals surface area contributed by atoms with Gasteiger partial charge >= 0.3 is 0 Å². The number of aliphatic hydroxyl groups is 3. The number of hydrogen-bond acceptors (Lipinski definition) is 4. The lowest BCUT2D eigenvalue weighted by Crippen LogP contribution is -2.22. The van der Waals surface area contributed by atoms with Crippen molar-refractivity contribution in [2.24, 2.45) is 0 Å². The molecule has 0 aromatic heterocycles. The van der Waals surface area contributed by atoms with E-state index in [1.165, 1.54) is 24.3 Å². The van der Waals surface area contributed by atoms with Gasteiger partial charge in [0.25, 0.3) is 0 Å². The molecule has 0 aliphatic rings. The molecule has 0 heterocycles. The predicted molar refractivity (Wildman–Crippen MR) is 59.5 cm³/mol. The van der Waals surface area contributed by atoms with E-state index in [1.54, 1.807) is 0 Å². The third-order valence-electron chi connectivity index (χ3n) is 2.25. The molecule has 0 saturated carbocycles. The molecule has 88 valence electrons. The zero-order chi connectivity index (χ0) is 12.1. The SMILES string of the molecule is O=C(CCl)c1ccc(C(O)C(O)CO)cc1. The van der Waals surface area contributed by atoms with Crippen LogP contribution in [0.3, 0.4) is 0 Å². The molecule has 16 heavy (non-hydrogen) atoms. The highest BCUT2D eigenvalue weighted by Crippen LogP contribution is 2.17. The van der Waals surface area contributed by atoms with Crippen LogP contribution in [0.2, 0.25) is 0 Å². The zero-order valence-electron chi connectivity index (χ0n) is 8.51. The van der Waals surface area contributed by atoms with Gasteiger partial charge in [-0.15, -0.1) is 11.6 Å². The lowest BCUT2D eigenvalue weighted by molar-refractivity contribution is -0.0152. The molecule has 1 aromatic carbocycles. The second-order valence-corrected chi connectivity index (χ2v) is 3.64.